The van der Waals surface area contributed by atoms with Crippen LogP contribution in [0.2, 0.25) is 0 Å². The van der Waals surface area contributed by atoms with Crippen LogP contribution in [0.1, 0.15) is 165 Å². The minimum Gasteiger partial charge on any atom is -0.350 e. The summed E-state index contributed by atoms with van der Waals surface area (Å²) < 4.78 is 69.2. The van der Waals surface area contributed by atoms with Crippen LogP contribution in [0.25, 0.3) is 0 Å². The summed E-state index contributed by atoms with van der Waals surface area (Å²) >= 11 is 0. The Balaban J connectivity index is 0.000000687. The Hall–Kier alpha value is -3.50. The van der Waals surface area contributed by atoms with Crippen LogP contribution in [0.4, 0.5) is 9.59 Å². The van der Waals surface area contributed by atoms with Crippen molar-refractivity contribution in [3.63, 3.8) is 0 Å². The van der Waals surface area contributed by atoms with Crippen molar-refractivity contribution in [2.45, 2.75) is 168 Å². The third-order valence-electron chi connectivity index (χ3n) is 10.8. The molecular weight excluding hydrogens is 869 g/mol. The molecule has 64 heavy (non-hydrogen) atoms. The van der Waals surface area contributed by atoms with Gasteiger partial charge in [-0.3, -0.25) is 19.1 Å². The summed E-state index contributed by atoms with van der Waals surface area (Å²) in [6, 6.07) is 7.27. The maximum atomic E-state index is 12.5. The molecule has 368 valence electrons. The lowest BCUT2D eigenvalue weighted by atomic mass is 9.99. The van der Waals surface area contributed by atoms with Crippen molar-refractivity contribution in [3.05, 3.63) is 59.2 Å². The Morgan fingerprint density at radius 2 is 0.969 bits per heavy atom. The van der Waals surface area contributed by atoms with E-state index in [1.54, 1.807) is 51.7 Å². The van der Waals surface area contributed by atoms with Crippen molar-refractivity contribution in [1.82, 2.24) is 29.9 Å². The number of carbonyl (C=O) groups excluding carboxylic acids is 2. The summed E-state index contributed by atoms with van der Waals surface area (Å²) in [4.78, 5) is 47.9. The number of carbonyl (C=O) groups is 2. The van der Waals surface area contributed by atoms with Crippen LogP contribution >= 0.6 is 0 Å². The topological polar surface area (TPSA) is 219 Å². The Kier molecular flexibility index (Phi) is 28.7. The highest BCUT2D eigenvalue weighted by Crippen LogP contribution is 2.31. The number of aryl methyl sites for hydroxylation is 2. The molecule has 0 spiro atoms. The molecule has 2 heterocycles. The molecule has 4 atom stereocenters. The fourth-order valence-corrected chi connectivity index (χ4v) is 7.82. The fraction of sp³-hybridized carbons (Fsp3) is 0.727. The number of hydroxylamine groups is 4. The molecule has 2 N–H and O–H groups in total. The molecule has 2 amide bonds. The molecule has 0 saturated heterocycles. The van der Waals surface area contributed by atoms with E-state index in [2.05, 4.69) is 45.2 Å². The second-order valence-electron chi connectivity index (χ2n) is 16.4. The molecule has 2 aromatic heterocycles. The lowest BCUT2D eigenvalue weighted by molar-refractivity contribution is -0.170. The zero-order valence-corrected chi connectivity index (χ0v) is 41.6. The van der Waals surface area contributed by atoms with Crippen molar-refractivity contribution in [3.8, 4) is 0 Å². The molecule has 4 unspecified atom stereocenters. The van der Waals surface area contributed by atoms with Crippen molar-refractivity contribution in [1.29, 1.82) is 0 Å². The highest BCUT2D eigenvalue weighted by Gasteiger charge is 2.31. The lowest BCUT2D eigenvalue weighted by Crippen LogP contribution is -2.42. The van der Waals surface area contributed by atoms with Gasteiger partial charge in [-0.2, -0.15) is 16.8 Å². The summed E-state index contributed by atoms with van der Waals surface area (Å²) in [5.74, 6) is 0. The smallest absolute Gasteiger partial charge is 0.350 e. The van der Waals surface area contributed by atoms with E-state index in [0.29, 0.717) is 25.7 Å². The van der Waals surface area contributed by atoms with Crippen LogP contribution in [0, 0.1) is 13.8 Å². The molecule has 0 aromatic carbocycles. The van der Waals surface area contributed by atoms with Crippen LogP contribution in [-0.2, 0) is 38.8 Å². The first kappa shape index (κ1) is 58.5. The molecule has 0 bridgehead atoms. The normalized spacial score (nSPS) is 13.7. The second-order valence-corrected chi connectivity index (χ2v) is 18.6. The van der Waals surface area contributed by atoms with Crippen LogP contribution in [0.5, 0.6) is 0 Å². The van der Waals surface area contributed by atoms with Crippen molar-refractivity contribution in [2.24, 2.45) is 0 Å². The predicted molar refractivity (Wildman–Crippen MR) is 247 cm³/mol. The van der Waals surface area contributed by atoms with Gasteiger partial charge in [-0.05, 0) is 89.5 Å². The van der Waals surface area contributed by atoms with E-state index in [1.807, 2.05) is 38.0 Å². The summed E-state index contributed by atoms with van der Waals surface area (Å²) in [7, 11) is -2.37. The van der Waals surface area contributed by atoms with Gasteiger partial charge in [0.1, 0.15) is 0 Å². The number of rotatable bonds is 30. The third-order valence-corrected chi connectivity index (χ3v) is 11.7. The number of hydrogen-bond donors (Lipinski definition) is 2. The number of pyridine rings is 2. The van der Waals surface area contributed by atoms with E-state index in [4.69, 9.17) is 18.8 Å². The van der Waals surface area contributed by atoms with Crippen molar-refractivity contribution < 1.29 is 53.6 Å². The van der Waals surface area contributed by atoms with Gasteiger partial charge in [0.15, 0.2) is 0 Å². The van der Waals surface area contributed by atoms with Gasteiger partial charge >= 0.3 is 33.0 Å². The lowest BCUT2D eigenvalue weighted by Gasteiger charge is -2.36. The summed E-state index contributed by atoms with van der Waals surface area (Å²) in [5.41, 5.74) is 3.75. The van der Waals surface area contributed by atoms with E-state index in [1.165, 1.54) is 35.5 Å². The number of amides is 2. The Bertz CT molecular complexity index is 1840. The monoisotopic (exact) mass is 947 g/mol. The van der Waals surface area contributed by atoms with Gasteiger partial charge in [0, 0.05) is 64.1 Å². The molecule has 2 aromatic rings. The zero-order chi connectivity index (χ0) is 48.3. The number of hydrogen-bond acceptors (Lipinski definition) is 14. The van der Waals surface area contributed by atoms with Gasteiger partial charge < -0.3 is 19.5 Å². The standard InChI is InChI=1S/C23H41N3O10S2.C21H37N3O2/c1-19-22(15-11-16-24-19)20(2)26(36-23(27)25(3)4)21(14-12-18-35-38(31,32)33)13-9-7-5-6-8-10-17-34-37(28,29)30;1-7-9-10-11-12-14-19(8-2)24(26-21(25)23(5)6)18(4)20-15-13-16-22-17(20)3/h11,15-16,20-21H,5-10,12-14,17-18H2,1-4H3,(H,28,29,30)(H,31,32,33);13,15-16,18-19H,7-12,14H2,1-6H3. The average Bonchev–Trinajstić information content (AvgIpc) is 3.22. The molecular formula is C44H78N6O12S2. The Morgan fingerprint density at radius 1 is 0.594 bits per heavy atom. The maximum absolute atomic E-state index is 12.5. The predicted octanol–water partition coefficient (Wildman–Crippen LogP) is 9.39. The van der Waals surface area contributed by atoms with Gasteiger partial charge in [-0.25, -0.2) is 18.0 Å². The van der Waals surface area contributed by atoms with Gasteiger partial charge in [0.2, 0.25) is 0 Å². The van der Waals surface area contributed by atoms with E-state index in [-0.39, 0.29) is 43.5 Å². The first-order valence-corrected chi connectivity index (χ1v) is 25.3. The average molecular weight is 947 g/mol. The molecule has 20 heteroatoms. The molecule has 2 rings (SSSR count). The fourth-order valence-electron chi connectivity index (χ4n) is 7.16. The van der Waals surface area contributed by atoms with E-state index >= 15 is 0 Å². The maximum Gasteiger partial charge on any atom is 0.428 e. The summed E-state index contributed by atoms with van der Waals surface area (Å²) in [5, 5.41) is 3.53. The Morgan fingerprint density at radius 3 is 1.38 bits per heavy atom. The summed E-state index contributed by atoms with van der Waals surface area (Å²) in [6.45, 7) is 12.0. The summed E-state index contributed by atoms with van der Waals surface area (Å²) in [6.07, 6.45) is 16.8. The Labute approximate surface area is 384 Å². The van der Waals surface area contributed by atoms with Gasteiger partial charge in [0.25, 0.3) is 0 Å². The SMILES string of the molecule is CCCCCCCC(CC)N(OC(=O)N(C)C)C(C)c1cccnc1C.Cc1ncccc1C(C)N(OC(=O)N(C)C)C(CCCCCCCCOS(=O)(=O)O)CCCOS(=O)(=O)O. The van der Waals surface area contributed by atoms with Crippen LogP contribution in [0.15, 0.2) is 36.7 Å². The van der Waals surface area contributed by atoms with Gasteiger partial charge in [-0.15, -0.1) is 10.1 Å². The largest absolute Gasteiger partial charge is 0.428 e. The molecule has 18 nitrogen and oxygen atoms in total. The van der Waals surface area contributed by atoms with Gasteiger partial charge in [-0.1, -0.05) is 90.2 Å². The van der Waals surface area contributed by atoms with Crippen LogP contribution in [0.3, 0.4) is 0 Å². The minimum atomic E-state index is -4.55. The first-order chi connectivity index (χ1) is 30.1. The van der Waals surface area contributed by atoms with Crippen molar-refractivity contribution >= 4 is 33.0 Å². The van der Waals surface area contributed by atoms with Crippen molar-refractivity contribution in [2.75, 3.05) is 41.4 Å². The van der Waals surface area contributed by atoms with E-state index < -0.39 is 26.9 Å². The number of unbranched alkanes of at least 4 members (excludes halogenated alkanes) is 9. The number of nitrogens with zero attached hydrogens (tertiary/aromatic N) is 6. The first-order valence-electron chi connectivity index (χ1n) is 22.5. The van der Waals surface area contributed by atoms with Gasteiger partial charge in [0.05, 0.1) is 25.3 Å². The highest BCUT2D eigenvalue weighted by molar-refractivity contribution is 7.81. The third kappa shape index (κ3) is 24.7. The highest BCUT2D eigenvalue weighted by atomic mass is 32.3. The molecule has 0 aliphatic heterocycles. The molecule has 0 fully saturated rings. The van der Waals surface area contributed by atoms with E-state index in [9.17, 15) is 26.4 Å². The van der Waals surface area contributed by atoms with Crippen LogP contribution in [-0.4, -0.2) is 122 Å². The second kappa shape index (κ2) is 31.4. The van der Waals surface area contributed by atoms with E-state index in [0.717, 1.165) is 73.9 Å². The molecule has 0 saturated carbocycles. The molecule has 0 aliphatic carbocycles. The molecule has 0 aliphatic rings. The number of aromatic nitrogens is 2. The zero-order valence-electron chi connectivity index (χ0n) is 40.0. The van der Waals surface area contributed by atoms with Crippen LogP contribution < -0.4 is 0 Å². The molecule has 0 radical (unpaired) electrons. The minimum absolute atomic E-state index is 0.0341. The quantitative estimate of drug-likeness (QED) is 0.0423.